The van der Waals surface area contributed by atoms with Crippen LogP contribution in [0.4, 0.5) is 4.39 Å². The molecule has 0 saturated heterocycles. The monoisotopic (exact) mass is 378 g/mol. The molecule has 0 spiro atoms. The van der Waals surface area contributed by atoms with Crippen LogP contribution in [0.1, 0.15) is 42.9 Å². The van der Waals surface area contributed by atoms with Gasteiger partial charge in [0, 0.05) is 11.5 Å². The summed E-state index contributed by atoms with van der Waals surface area (Å²) < 4.78 is 19.3. The number of rotatable bonds is 6. The molecule has 1 aliphatic rings. The van der Waals surface area contributed by atoms with Gasteiger partial charge in [-0.3, -0.25) is 4.79 Å². The molecule has 1 saturated carbocycles. The number of hydrogen-bond acceptors (Lipinski definition) is 3. The number of nitrogens with zero attached hydrogens (tertiary/aromatic N) is 1. The molecular formula is C23H23FN2O2. The number of amides is 1. The molecule has 1 aliphatic carbocycles. The molecule has 0 aliphatic heterocycles. The number of primary amides is 1. The molecule has 1 heterocycles. The number of carbonyl (C=O) groups excluding carboxylic acids is 1. The van der Waals surface area contributed by atoms with Crippen LogP contribution in [0.5, 0.6) is 5.75 Å². The Morgan fingerprint density at radius 2 is 1.93 bits per heavy atom. The number of pyridine rings is 1. The summed E-state index contributed by atoms with van der Waals surface area (Å²) in [6.07, 6.45) is 4.38. The van der Waals surface area contributed by atoms with Crippen LogP contribution in [0.25, 0.3) is 10.9 Å². The molecule has 2 aromatic carbocycles. The molecule has 0 radical (unpaired) electrons. The minimum absolute atomic E-state index is 0.264. The highest BCUT2D eigenvalue weighted by Crippen LogP contribution is 2.38. The van der Waals surface area contributed by atoms with E-state index in [1.54, 1.807) is 6.07 Å². The van der Waals surface area contributed by atoms with Crippen molar-refractivity contribution in [3.63, 3.8) is 0 Å². The molecule has 28 heavy (non-hydrogen) atoms. The van der Waals surface area contributed by atoms with Gasteiger partial charge in [0.15, 0.2) is 0 Å². The Morgan fingerprint density at radius 3 is 2.71 bits per heavy atom. The van der Waals surface area contributed by atoms with Crippen molar-refractivity contribution in [3.8, 4) is 5.75 Å². The number of aromatic nitrogens is 1. The Kier molecular flexibility index (Phi) is 5.24. The maximum absolute atomic E-state index is 13.4. The lowest BCUT2D eigenvalue weighted by atomic mass is 9.84. The summed E-state index contributed by atoms with van der Waals surface area (Å²) in [6.45, 7) is 0.264. The van der Waals surface area contributed by atoms with Gasteiger partial charge in [0.1, 0.15) is 18.2 Å². The second-order valence-electron chi connectivity index (χ2n) is 7.43. The first kappa shape index (κ1) is 18.4. The van der Waals surface area contributed by atoms with Gasteiger partial charge in [0.05, 0.1) is 17.1 Å². The van der Waals surface area contributed by atoms with Crippen molar-refractivity contribution in [2.24, 2.45) is 11.7 Å². The van der Waals surface area contributed by atoms with Gasteiger partial charge in [-0.2, -0.15) is 0 Å². The normalized spacial score (nSPS) is 15.6. The van der Waals surface area contributed by atoms with Gasteiger partial charge in [0.2, 0.25) is 5.91 Å². The molecule has 2 N–H and O–H groups in total. The summed E-state index contributed by atoms with van der Waals surface area (Å²) in [5, 5.41) is 0.882. The van der Waals surface area contributed by atoms with Crippen LogP contribution in [0.15, 0.2) is 54.6 Å². The zero-order valence-electron chi connectivity index (χ0n) is 15.6. The summed E-state index contributed by atoms with van der Waals surface area (Å²) >= 11 is 0. The third-order valence-electron chi connectivity index (χ3n) is 5.49. The van der Waals surface area contributed by atoms with Gasteiger partial charge < -0.3 is 10.5 Å². The lowest BCUT2D eigenvalue weighted by Crippen LogP contribution is -2.26. The topological polar surface area (TPSA) is 65.2 Å². The first-order valence-electron chi connectivity index (χ1n) is 9.67. The van der Waals surface area contributed by atoms with Crippen LogP contribution in [0.2, 0.25) is 0 Å². The summed E-state index contributed by atoms with van der Waals surface area (Å²) in [5.41, 5.74) is 7.93. The van der Waals surface area contributed by atoms with E-state index >= 15 is 0 Å². The molecule has 1 unspecified atom stereocenters. The number of ether oxygens (including phenoxy) is 1. The van der Waals surface area contributed by atoms with Crippen LogP contribution < -0.4 is 10.5 Å². The second kappa shape index (κ2) is 7.97. The van der Waals surface area contributed by atoms with E-state index in [0.717, 1.165) is 36.6 Å². The third-order valence-corrected chi connectivity index (χ3v) is 5.49. The average molecular weight is 378 g/mol. The van der Waals surface area contributed by atoms with Gasteiger partial charge in [-0.05, 0) is 54.7 Å². The predicted molar refractivity (Wildman–Crippen MR) is 106 cm³/mol. The van der Waals surface area contributed by atoms with E-state index in [9.17, 15) is 9.18 Å². The molecule has 1 aromatic heterocycles. The van der Waals surface area contributed by atoms with Crippen molar-refractivity contribution >= 4 is 16.8 Å². The maximum atomic E-state index is 13.4. The van der Waals surface area contributed by atoms with Crippen molar-refractivity contribution in [1.29, 1.82) is 0 Å². The van der Waals surface area contributed by atoms with Crippen LogP contribution in [-0.4, -0.2) is 10.9 Å². The SMILES string of the molecule is NC(=O)C(c1cccc(OCc2ccc3ccc(F)cc3n2)c1)C1CCCC1. The number of halogens is 1. The van der Waals surface area contributed by atoms with E-state index < -0.39 is 0 Å². The van der Waals surface area contributed by atoms with E-state index in [1.807, 2.05) is 36.4 Å². The van der Waals surface area contributed by atoms with Gasteiger partial charge in [-0.15, -0.1) is 0 Å². The molecule has 3 aromatic rings. The highest BCUT2D eigenvalue weighted by molar-refractivity contribution is 5.82. The quantitative estimate of drug-likeness (QED) is 0.675. The van der Waals surface area contributed by atoms with E-state index in [0.29, 0.717) is 22.9 Å². The van der Waals surface area contributed by atoms with Crippen molar-refractivity contribution in [3.05, 3.63) is 71.7 Å². The van der Waals surface area contributed by atoms with Gasteiger partial charge in [-0.1, -0.05) is 31.0 Å². The molecule has 1 atom stereocenters. The first-order chi connectivity index (χ1) is 13.6. The fourth-order valence-electron chi connectivity index (χ4n) is 4.13. The van der Waals surface area contributed by atoms with Crippen molar-refractivity contribution in [1.82, 2.24) is 4.98 Å². The molecular weight excluding hydrogens is 355 g/mol. The Hall–Kier alpha value is -2.95. The molecule has 1 amide bonds. The lowest BCUT2D eigenvalue weighted by Gasteiger charge is -2.21. The molecule has 1 fully saturated rings. The summed E-state index contributed by atoms with van der Waals surface area (Å²) in [7, 11) is 0. The van der Waals surface area contributed by atoms with Gasteiger partial charge in [-0.25, -0.2) is 9.37 Å². The fraction of sp³-hybridized carbons (Fsp3) is 0.304. The minimum atomic E-state index is -0.310. The second-order valence-corrected chi connectivity index (χ2v) is 7.43. The Labute approximate surface area is 163 Å². The number of benzene rings is 2. The van der Waals surface area contributed by atoms with Crippen molar-refractivity contribution < 1.29 is 13.9 Å². The van der Waals surface area contributed by atoms with E-state index in [-0.39, 0.29) is 24.2 Å². The standard InChI is InChI=1S/C23H23FN2O2/c24-18-10-8-15-9-11-19(26-21(15)13-18)14-28-20-7-3-6-17(12-20)22(23(25)27)16-4-1-2-5-16/h3,6-13,16,22H,1-2,4-5,14H2,(H2,25,27). The highest BCUT2D eigenvalue weighted by atomic mass is 19.1. The smallest absolute Gasteiger partial charge is 0.225 e. The van der Waals surface area contributed by atoms with Crippen molar-refractivity contribution in [2.75, 3.05) is 0 Å². The zero-order chi connectivity index (χ0) is 19.5. The number of nitrogens with two attached hydrogens (primary N) is 1. The minimum Gasteiger partial charge on any atom is -0.487 e. The van der Waals surface area contributed by atoms with Crippen molar-refractivity contribution in [2.45, 2.75) is 38.2 Å². The van der Waals surface area contributed by atoms with Crippen LogP contribution in [0.3, 0.4) is 0 Å². The largest absolute Gasteiger partial charge is 0.487 e. The molecule has 144 valence electrons. The third kappa shape index (κ3) is 3.98. The Morgan fingerprint density at radius 1 is 1.14 bits per heavy atom. The van der Waals surface area contributed by atoms with Gasteiger partial charge in [0.25, 0.3) is 0 Å². The van der Waals surface area contributed by atoms with E-state index in [2.05, 4.69) is 4.98 Å². The highest BCUT2D eigenvalue weighted by Gasteiger charge is 2.30. The van der Waals surface area contributed by atoms with E-state index in [1.165, 1.54) is 12.1 Å². The maximum Gasteiger partial charge on any atom is 0.225 e. The first-order valence-corrected chi connectivity index (χ1v) is 9.67. The number of carbonyl (C=O) groups is 1. The zero-order valence-corrected chi connectivity index (χ0v) is 15.6. The van der Waals surface area contributed by atoms with Crippen LogP contribution in [0, 0.1) is 11.7 Å². The number of hydrogen-bond donors (Lipinski definition) is 1. The van der Waals surface area contributed by atoms with Crippen LogP contribution >= 0.6 is 0 Å². The molecule has 5 heteroatoms. The average Bonchev–Trinajstić information content (AvgIpc) is 3.20. The Balaban J connectivity index is 1.51. The Bertz CT molecular complexity index is 999. The summed E-state index contributed by atoms with van der Waals surface area (Å²) in [6, 6.07) is 15.9. The van der Waals surface area contributed by atoms with E-state index in [4.69, 9.17) is 10.5 Å². The fourth-order valence-corrected chi connectivity index (χ4v) is 4.13. The number of fused-ring (bicyclic) bond motifs is 1. The molecule has 0 bridgehead atoms. The lowest BCUT2D eigenvalue weighted by molar-refractivity contribution is -0.120. The molecule has 4 nitrogen and oxygen atoms in total. The summed E-state index contributed by atoms with van der Waals surface area (Å²) in [5.74, 6) is 0.123. The summed E-state index contributed by atoms with van der Waals surface area (Å²) in [4.78, 5) is 16.5. The predicted octanol–water partition coefficient (Wildman–Crippen LogP) is 4.71. The molecule has 4 rings (SSSR count). The van der Waals surface area contributed by atoms with Gasteiger partial charge >= 0.3 is 0 Å². The van der Waals surface area contributed by atoms with Crippen LogP contribution in [-0.2, 0) is 11.4 Å².